The van der Waals surface area contributed by atoms with Crippen LogP contribution in [-0.4, -0.2) is 47.5 Å². The van der Waals surface area contributed by atoms with Gasteiger partial charge in [-0.15, -0.1) is 11.3 Å². The van der Waals surface area contributed by atoms with Crippen LogP contribution in [-0.2, 0) is 9.59 Å². The van der Waals surface area contributed by atoms with Crippen molar-refractivity contribution in [3.8, 4) is 0 Å². The maximum absolute atomic E-state index is 13.8. The standard InChI is InChI=1S/C20H18FN3O4S2/c21-14-5-2-1-4-13(14)12-16-19(27)24(20(28)30-16)10-9-22-17(25)7-8-23-18(26)15-6-3-11-29-15/h1-6,11-12H,7-10H2,(H,22,25)(H,23,26)/b16-12-. The fourth-order valence-corrected chi connectivity index (χ4v) is 4.10. The molecule has 2 N–H and O–H groups in total. The number of carbonyl (C=O) groups is 4. The van der Waals surface area contributed by atoms with E-state index in [0.29, 0.717) is 4.88 Å². The summed E-state index contributed by atoms with van der Waals surface area (Å²) in [6.07, 6.45) is 1.42. The molecule has 1 aliphatic heterocycles. The topological polar surface area (TPSA) is 95.6 Å². The van der Waals surface area contributed by atoms with E-state index in [1.54, 1.807) is 23.6 Å². The summed E-state index contributed by atoms with van der Waals surface area (Å²) in [4.78, 5) is 49.9. The second kappa shape index (κ2) is 10.2. The Labute approximate surface area is 180 Å². The fraction of sp³-hybridized carbons (Fsp3) is 0.200. The molecule has 0 radical (unpaired) electrons. The van der Waals surface area contributed by atoms with Gasteiger partial charge in [0.05, 0.1) is 9.78 Å². The number of nitrogens with one attached hydrogen (secondary N) is 2. The van der Waals surface area contributed by atoms with Crippen molar-refractivity contribution in [1.82, 2.24) is 15.5 Å². The average molecular weight is 448 g/mol. The molecule has 4 amide bonds. The summed E-state index contributed by atoms with van der Waals surface area (Å²) in [6, 6.07) is 9.42. The van der Waals surface area contributed by atoms with Crippen LogP contribution in [0, 0.1) is 5.82 Å². The zero-order valence-electron chi connectivity index (χ0n) is 15.7. The molecule has 0 bridgehead atoms. The van der Waals surface area contributed by atoms with E-state index >= 15 is 0 Å². The van der Waals surface area contributed by atoms with Gasteiger partial charge in [-0.25, -0.2) is 4.39 Å². The van der Waals surface area contributed by atoms with Crippen molar-refractivity contribution in [1.29, 1.82) is 0 Å². The highest BCUT2D eigenvalue weighted by Crippen LogP contribution is 2.32. The van der Waals surface area contributed by atoms with Gasteiger partial charge in [0.2, 0.25) is 5.91 Å². The Morgan fingerprint density at radius 2 is 1.87 bits per heavy atom. The number of carbonyl (C=O) groups excluding carboxylic acids is 4. The van der Waals surface area contributed by atoms with Crippen LogP contribution in [0.25, 0.3) is 6.08 Å². The molecule has 0 saturated carbocycles. The number of amides is 4. The van der Waals surface area contributed by atoms with Gasteiger partial charge in [0.1, 0.15) is 5.82 Å². The summed E-state index contributed by atoms with van der Waals surface area (Å²) in [5.74, 6) is -1.55. The van der Waals surface area contributed by atoms with Crippen molar-refractivity contribution in [3.63, 3.8) is 0 Å². The van der Waals surface area contributed by atoms with Crippen LogP contribution < -0.4 is 10.6 Å². The smallest absolute Gasteiger partial charge is 0.293 e. The summed E-state index contributed by atoms with van der Waals surface area (Å²) < 4.78 is 13.8. The van der Waals surface area contributed by atoms with Crippen LogP contribution in [0.1, 0.15) is 21.7 Å². The number of halogens is 1. The van der Waals surface area contributed by atoms with Gasteiger partial charge in [0.15, 0.2) is 0 Å². The molecule has 2 heterocycles. The minimum absolute atomic E-state index is 0.00652. The van der Waals surface area contributed by atoms with Gasteiger partial charge in [-0.2, -0.15) is 0 Å². The molecule has 156 valence electrons. The second-order valence-corrected chi connectivity index (χ2v) is 8.13. The van der Waals surface area contributed by atoms with E-state index in [1.165, 1.54) is 35.6 Å². The average Bonchev–Trinajstić information content (AvgIpc) is 3.34. The maximum atomic E-state index is 13.8. The molecule has 0 spiro atoms. The highest BCUT2D eigenvalue weighted by molar-refractivity contribution is 8.18. The van der Waals surface area contributed by atoms with E-state index in [1.807, 2.05) is 0 Å². The first kappa shape index (κ1) is 21.7. The zero-order chi connectivity index (χ0) is 21.5. The van der Waals surface area contributed by atoms with Gasteiger partial charge in [0.25, 0.3) is 17.1 Å². The molecule has 30 heavy (non-hydrogen) atoms. The summed E-state index contributed by atoms with van der Waals surface area (Å²) >= 11 is 2.04. The third-order valence-electron chi connectivity index (χ3n) is 4.11. The lowest BCUT2D eigenvalue weighted by molar-refractivity contribution is -0.124. The number of imide groups is 1. The molecule has 1 aromatic carbocycles. The summed E-state index contributed by atoms with van der Waals surface area (Å²) in [5, 5.41) is 6.57. The first-order valence-corrected chi connectivity index (χ1v) is 10.7. The molecular formula is C20H18FN3O4S2. The van der Waals surface area contributed by atoms with Gasteiger partial charge in [0, 0.05) is 31.6 Å². The number of benzene rings is 1. The number of hydrogen-bond acceptors (Lipinski definition) is 6. The Morgan fingerprint density at radius 3 is 2.60 bits per heavy atom. The SMILES string of the molecule is O=C(CCNC(=O)c1cccs1)NCCN1C(=O)S/C(=C\c2ccccc2F)C1=O. The molecule has 7 nitrogen and oxygen atoms in total. The molecule has 1 aromatic heterocycles. The highest BCUT2D eigenvalue weighted by Gasteiger charge is 2.34. The largest absolute Gasteiger partial charge is 0.354 e. The van der Waals surface area contributed by atoms with Crippen LogP contribution in [0.2, 0.25) is 0 Å². The van der Waals surface area contributed by atoms with Crippen molar-refractivity contribution in [2.45, 2.75) is 6.42 Å². The quantitative estimate of drug-likeness (QED) is 0.607. The monoisotopic (exact) mass is 447 g/mol. The highest BCUT2D eigenvalue weighted by atomic mass is 32.2. The minimum atomic E-state index is -0.522. The number of thioether (sulfide) groups is 1. The zero-order valence-corrected chi connectivity index (χ0v) is 17.4. The molecule has 1 saturated heterocycles. The van der Waals surface area contributed by atoms with Crippen molar-refractivity contribution < 1.29 is 23.6 Å². The van der Waals surface area contributed by atoms with Gasteiger partial charge in [-0.3, -0.25) is 24.1 Å². The van der Waals surface area contributed by atoms with Crippen molar-refractivity contribution >= 4 is 52.1 Å². The predicted molar refractivity (Wildman–Crippen MR) is 113 cm³/mol. The molecule has 1 fully saturated rings. The Kier molecular flexibility index (Phi) is 7.36. The van der Waals surface area contributed by atoms with Gasteiger partial charge in [-0.05, 0) is 35.4 Å². The van der Waals surface area contributed by atoms with Crippen molar-refractivity contribution in [2.24, 2.45) is 0 Å². The summed E-state index contributed by atoms with van der Waals surface area (Å²) in [6.45, 7) is 0.269. The van der Waals surface area contributed by atoms with Crippen LogP contribution in [0.4, 0.5) is 9.18 Å². The molecule has 1 aliphatic rings. The number of rotatable bonds is 8. The fourth-order valence-electron chi connectivity index (χ4n) is 2.61. The van der Waals surface area contributed by atoms with Crippen molar-refractivity contribution in [3.05, 3.63) is 62.9 Å². The molecular weight excluding hydrogens is 429 g/mol. The van der Waals surface area contributed by atoms with E-state index in [-0.39, 0.29) is 48.3 Å². The van der Waals surface area contributed by atoms with E-state index in [2.05, 4.69) is 10.6 Å². The lowest BCUT2D eigenvalue weighted by atomic mass is 10.2. The number of hydrogen-bond donors (Lipinski definition) is 2. The first-order valence-electron chi connectivity index (χ1n) is 9.04. The van der Waals surface area contributed by atoms with Crippen LogP contribution >= 0.6 is 23.1 Å². The van der Waals surface area contributed by atoms with Gasteiger partial charge >= 0.3 is 0 Å². The third kappa shape index (κ3) is 5.55. The van der Waals surface area contributed by atoms with E-state index in [4.69, 9.17) is 0 Å². The Morgan fingerprint density at radius 1 is 1.07 bits per heavy atom. The lowest BCUT2D eigenvalue weighted by Gasteiger charge is -2.13. The van der Waals surface area contributed by atoms with Crippen LogP contribution in [0.3, 0.4) is 0 Å². The van der Waals surface area contributed by atoms with Gasteiger partial charge in [-0.1, -0.05) is 24.3 Å². The molecule has 0 unspecified atom stereocenters. The van der Waals surface area contributed by atoms with Crippen molar-refractivity contribution in [2.75, 3.05) is 19.6 Å². The molecule has 0 atom stereocenters. The molecule has 0 aliphatic carbocycles. The van der Waals surface area contributed by atoms with E-state index in [9.17, 15) is 23.6 Å². The minimum Gasteiger partial charge on any atom is -0.354 e. The second-order valence-electron chi connectivity index (χ2n) is 6.19. The number of nitrogens with zero attached hydrogens (tertiary/aromatic N) is 1. The maximum Gasteiger partial charge on any atom is 0.293 e. The third-order valence-corrected chi connectivity index (χ3v) is 5.88. The molecule has 3 rings (SSSR count). The van der Waals surface area contributed by atoms with E-state index in [0.717, 1.165) is 16.7 Å². The molecule has 10 heteroatoms. The van der Waals surface area contributed by atoms with Crippen LogP contribution in [0.15, 0.2) is 46.7 Å². The number of thiophene rings is 1. The lowest BCUT2D eigenvalue weighted by Crippen LogP contribution is -2.38. The normalized spacial score (nSPS) is 15.0. The first-order chi connectivity index (χ1) is 14.5. The Balaban J connectivity index is 1.42. The van der Waals surface area contributed by atoms with E-state index < -0.39 is 17.0 Å². The van der Waals surface area contributed by atoms with Gasteiger partial charge < -0.3 is 10.6 Å². The predicted octanol–water partition coefficient (Wildman–Crippen LogP) is 2.86. The Hall–Kier alpha value is -2.98. The van der Waals surface area contributed by atoms with Crippen LogP contribution in [0.5, 0.6) is 0 Å². The Bertz CT molecular complexity index is 992. The molecule has 2 aromatic rings. The summed E-state index contributed by atoms with van der Waals surface area (Å²) in [7, 11) is 0. The summed E-state index contributed by atoms with van der Waals surface area (Å²) in [5.41, 5.74) is 0.223.